The molecule has 0 radical (unpaired) electrons. The highest BCUT2D eigenvalue weighted by Crippen LogP contribution is 2.43. The average molecular weight is 669 g/mol. The van der Waals surface area contributed by atoms with Crippen molar-refractivity contribution in [3.05, 3.63) is 63.7 Å². The van der Waals surface area contributed by atoms with Gasteiger partial charge in [0.2, 0.25) is 0 Å². The van der Waals surface area contributed by atoms with Crippen LogP contribution in [0, 0.1) is 6.92 Å². The van der Waals surface area contributed by atoms with Gasteiger partial charge in [-0.25, -0.2) is 9.59 Å². The Morgan fingerprint density at radius 3 is 2.45 bits per heavy atom. The van der Waals surface area contributed by atoms with Gasteiger partial charge in [0.15, 0.2) is 5.75 Å². The van der Waals surface area contributed by atoms with Crippen LogP contribution in [0.4, 0.5) is 5.69 Å². The number of carbonyl (C=O) groups excluding carboxylic acids is 3. The number of thiocarbonyl (C=S) groups is 1. The van der Waals surface area contributed by atoms with Gasteiger partial charge >= 0.3 is 17.9 Å². The predicted molar refractivity (Wildman–Crippen MR) is 180 cm³/mol. The maximum atomic E-state index is 13.0. The van der Waals surface area contributed by atoms with Gasteiger partial charge in [-0.3, -0.25) is 9.69 Å². The Labute approximate surface area is 281 Å². The molecule has 0 aromatic heterocycles. The molecule has 2 aromatic carbocycles. The van der Waals surface area contributed by atoms with E-state index in [2.05, 4.69) is 4.90 Å². The number of allylic oxidation sites excluding steroid dienone is 2. The molecule has 0 spiro atoms. The Hall–Kier alpha value is -4.00. The molecule has 12 heteroatoms. The molecule has 0 bridgehead atoms. The van der Waals surface area contributed by atoms with Gasteiger partial charge < -0.3 is 33.3 Å². The van der Waals surface area contributed by atoms with E-state index >= 15 is 0 Å². The van der Waals surface area contributed by atoms with E-state index in [9.17, 15) is 14.4 Å². The van der Waals surface area contributed by atoms with Crippen LogP contribution in [0.25, 0.3) is 0 Å². The van der Waals surface area contributed by atoms with E-state index < -0.39 is 11.9 Å². The zero-order valence-corrected chi connectivity index (χ0v) is 28.7. The number of cyclic esters (lactones) is 1. The first-order chi connectivity index (χ1) is 22.7. The molecule has 0 saturated carbocycles. The fourth-order valence-corrected chi connectivity index (χ4v) is 5.85. The zero-order valence-electron chi connectivity index (χ0n) is 27.8. The predicted octanol–water partition coefficient (Wildman–Crippen LogP) is 5.19. The van der Waals surface area contributed by atoms with Crippen LogP contribution in [0.1, 0.15) is 71.0 Å². The quantitative estimate of drug-likeness (QED) is 0.114. The number of ether oxygens (including phenoxy) is 6. The zero-order chi connectivity index (χ0) is 33.9. The molecular weight excluding hydrogens is 624 g/mol. The smallest absolute Gasteiger partial charge is 0.342 e. The van der Waals surface area contributed by atoms with Crippen LogP contribution in [-0.4, -0.2) is 87.7 Å². The third-order valence-electron chi connectivity index (χ3n) is 8.19. The van der Waals surface area contributed by atoms with E-state index in [-0.39, 0.29) is 36.5 Å². The van der Waals surface area contributed by atoms with Gasteiger partial charge in [-0.2, -0.15) is 0 Å². The average Bonchev–Trinajstić information content (AvgIpc) is 3.47. The second-order valence-corrected chi connectivity index (χ2v) is 11.6. The minimum Gasteiger partial charge on any atom is -0.496 e. The molecule has 0 atom stereocenters. The highest BCUT2D eigenvalue weighted by atomic mass is 32.1. The summed E-state index contributed by atoms with van der Waals surface area (Å²) in [4.78, 5) is 41.6. The van der Waals surface area contributed by atoms with Gasteiger partial charge in [0.1, 0.15) is 24.5 Å². The monoisotopic (exact) mass is 668 g/mol. The van der Waals surface area contributed by atoms with Crippen molar-refractivity contribution in [2.45, 2.75) is 53.6 Å². The lowest BCUT2D eigenvalue weighted by molar-refractivity contribution is -0.144. The van der Waals surface area contributed by atoms with E-state index in [0.717, 1.165) is 24.2 Å². The summed E-state index contributed by atoms with van der Waals surface area (Å²) in [5, 5.41) is 0.117. The normalized spacial score (nSPS) is 14.7. The molecule has 0 N–H and O–H groups in total. The van der Waals surface area contributed by atoms with Crippen LogP contribution < -0.4 is 14.4 Å². The van der Waals surface area contributed by atoms with Crippen molar-refractivity contribution in [2.75, 3.05) is 64.6 Å². The Kier molecular flexibility index (Phi) is 13.1. The lowest BCUT2D eigenvalue weighted by Crippen LogP contribution is -2.38. The van der Waals surface area contributed by atoms with E-state index in [0.29, 0.717) is 79.4 Å². The first-order valence-electron chi connectivity index (χ1n) is 16.0. The lowest BCUT2D eigenvalue weighted by Gasteiger charge is -2.26. The fourth-order valence-electron chi connectivity index (χ4n) is 5.54. The van der Waals surface area contributed by atoms with E-state index in [1.165, 1.54) is 0 Å². The molecule has 0 amide bonds. The van der Waals surface area contributed by atoms with Crippen LogP contribution in [0.2, 0.25) is 0 Å². The Morgan fingerprint density at radius 1 is 1.06 bits per heavy atom. The van der Waals surface area contributed by atoms with Crippen LogP contribution in [-0.2, 0) is 36.8 Å². The van der Waals surface area contributed by atoms with Gasteiger partial charge in [-0.1, -0.05) is 11.6 Å². The van der Waals surface area contributed by atoms with E-state index in [1.807, 2.05) is 26.8 Å². The SMILES string of the molecule is CCOC(=O)c1ccc(N(CC)C(=S)Oc2c(C/C=C(\C)CCC(=O)OCCN3CCOCC3)c(OC)c(C)c3c2C(=O)OC3)cc1. The summed E-state index contributed by atoms with van der Waals surface area (Å²) in [6.45, 7) is 12.5. The van der Waals surface area contributed by atoms with Crippen molar-refractivity contribution in [1.82, 2.24) is 4.90 Å². The number of anilines is 1. The van der Waals surface area contributed by atoms with Crippen molar-refractivity contribution in [3.8, 4) is 11.5 Å². The molecule has 2 heterocycles. The maximum Gasteiger partial charge on any atom is 0.342 e. The number of hydrogen-bond acceptors (Lipinski definition) is 11. The Morgan fingerprint density at radius 2 is 1.79 bits per heavy atom. The number of rotatable bonds is 14. The molecule has 0 aliphatic carbocycles. The number of esters is 3. The van der Waals surface area contributed by atoms with Crippen molar-refractivity contribution < 1.29 is 42.8 Å². The number of morpholine rings is 1. The number of methoxy groups -OCH3 is 1. The third-order valence-corrected chi connectivity index (χ3v) is 8.50. The molecule has 2 aliphatic heterocycles. The van der Waals surface area contributed by atoms with E-state index in [1.54, 1.807) is 43.2 Å². The summed E-state index contributed by atoms with van der Waals surface area (Å²) in [6, 6.07) is 6.87. The fraction of sp³-hybridized carbons (Fsp3) is 0.486. The molecular formula is C35H44N2O9S. The number of benzene rings is 2. The number of hydrogen-bond donors (Lipinski definition) is 0. The topological polar surface area (TPSA) is 113 Å². The summed E-state index contributed by atoms with van der Waals surface area (Å²) < 4.78 is 33.5. The van der Waals surface area contributed by atoms with Gasteiger partial charge in [-0.15, -0.1) is 0 Å². The second kappa shape index (κ2) is 17.2. The highest BCUT2D eigenvalue weighted by molar-refractivity contribution is 7.80. The molecule has 1 saturated heterocycles. The largest absolute Gasteiger partial charge is 0.496 e. The molecule has 254 valence electrons. The Balaban J connectivity index is 1.51. The summed E-state index contributed by atoms with van der Waals surface area (Å²) >= 11 is 5.77. The molecule has 4 rings (SSSR count). The van der Waals surface area contributed by atoms with Crippen molar-refractivity contribution in [1.29, 1.82) is 0 Å². The molecule has 2 aromatic rings. The first kappa shape index (κ1) is 35.8. The van der Waals surface area contributed by atoms with Crippen LogP contribution in [0.5, 0.6) is 11.5 Å². The minimum atomic E-state index is -0.493. The summed E-state index contributed by atoms with van der Waals surface area (Å²) in [5.74, 6) is -0.289. The Bertz CT molecular complexity index is 1480. The van der Waals surface area contributed by atoms with E-state index in [4.69, 9.17) is 40.6 Å². The standard InChI is InChI=1S/C35H44N2O9S/c1-6-37(26-12-10-25(11-13-26)33(39)43-7-2)35(47)46-32-27(31(41-5)24(4)28-22-45-34(40)30(28)32)14-8-23(3)9-15-29(38)44-21-18-36-16-19-42-20-17-36/h8,10-13H,6-7,9,14-22H2,1-5H3/b23-8+. The number of carbonyl (C=O) groups is 3. The summed E-state index contributed by atoms with van der Waals surface area (Å²) in [5.41, 5.74) is 4.55. The van der Waals surface area contributed by atoms with Gasteiger partial charge in [-0.05, 0) is 82.6 Å². The number of nitrogens with zero attached hydrogens (tertiary/aromatic N) is 2. The highest BCUT2D eigenvalue weighted by Gasteiger charge is 2.34. The van der Waals surface area contributed by atoms with Gasteiger partial charge in [0, 0.05) is 49.4 Å². The van der Waals surface area contributed by atoms with Crippen LogP contribution in [0.15, 0.2) is 35.9 Å². The molecule has 47 heavy (non-hydrogen) atoms. The van der Waals surface area contributed by atoms with Crippen LogP contribution in [0.3, 0.4) is 0 Å². The minimum absolute atomic E-state index is 0.106. The van der Waals surface area contributed by atoms with Crippen molar-refractivity contribution in [2.24, 2.45) is 0 Å². The van der Waals surface area contributed by atoms with Gasteiger partial charge in [0.05, 0.1) is 32.5 Å². The van der Waals surface area contributed by atoms with Crippen LogP contribution >= 0.6 is 12.2 Å². The lowest BCUT2D eigenvalue weighted by atomic mass is 9.94. The van der Waals surface area contributed by atoms with Crippen molar-refractivity contribution in [3.63, 3.8) is 0 Å². The molecule has 0 unspecified atom stereocenters. The molecule has 11 nitrogen and oxygen atoms in total. The first-order valence-corrected chi connectivity index (χ1v) is 16.4. The number of fused-ring (bicyclic) bond motifs is 1. The summed E-state index contributed by atoms with van der Waals surface area (Å²) in [6.07, 6.45) is 3.13. The molecule has 1 fully saturated rings. The molecule has 2 aliphatic rings. The third kappa shape index (κ3) is 9.09. The second-order valence-electron chi connectivity index (χ2n) is 11.2. The van der Waals surface area contributed by atoms with Crippen molar-refractivity contribution >= 4 is 41.0 Å². The van der Waals surface area contributed by atoms with Gasteiger partial charge in [0.25, 0.3) is 5.17 Å². The maximum absolute atomic E-state index is 13.0. The summed E-state index contributed by atoms with van der Waals surface area (Å²) in [7, 11) is 1.57.